The normalized spacial score (nSPS) is 23.8. The van der Waals surface area contributed by atoms with Crippen LogP contribution in [-0.2, 0) is 19.6 Å². The van der Waals surface area contributed by atoms with Crippen LogP contribution >= 0.6 is 12.4 Å². The summed E-state index contributed by atoms with van der Waals surface area (Å²) >= 11 is 0. The van der Waals surface area contributed by atoms with Crippen LogP contribution in [0.5, 0.6) is 0 Å². The van der Waals surface area contributed by atoms with Crippen LogP contribution in [0.4, 0.5) is 0 Å². The van der Waals surface area contributed by atoms with E-state index in [0.29, 0.717) is 13.0 Å². The summed E-state index contributed by atoms with van der Waals surface area (Å²) in [6.07, 6.45) is 0.401. The zero-order valence-corrected chi connectivity index (χ0v) is 17.9. The van der Waals surface area contributed by atoms with Gasteiger partial charge in [-0.15, -0.1) is 12.4 Å². The van der Waals surface area contributed by atoms with E-state index in [4.69, 9.17) is 10.5 Å². The maximum atomic E-state index is 12.5. The molecule has 0 aromatic heterocycles. The van der Waals surface area contributed by atoms with Gasteiger partial charge in [-0.05, 0) is 26.0 Å². The van der Waals surface area contributed by atoms with Crippen molar-refractivity contribution in [3.63, 3.8) is 0 Å². The summed E-state index contributed by atoms with van der Waals surface area (Å²) in [5, 5.41) is 2.73. The Kier molecular flexibility index (Phi) is 7.84. The fraction of sp³-hybridized carbons (Fsp3) is 0.611. The first kappa shape index (κ1) is 23.8. The molecule has 0 aliphatic heterocycles. The average molecular weight is 420 g/mol. The standard InChI is InChI=1S/C18H29N3O4S.ClH/c1-5-25-15-12-18(19,17(15,3)4)16(22)20-10-11-21-26(23,24)14-8-6-13(2)7-9-14;/h6-9,15,21H,5,10-12,19H2,1-4H3,(H,20,22);1H. The number of ether oxygens (including phenoxy) is 1. The Balaban J connectivity index is 0.00000364. The van der Waals surface area contributed by atoms with Crippen molar-refractivity contribution in [2.75, 3.05) is 19.7 Å². The minimum absolute atomic E-state index is 0. The number of carbonyl (C=O) groups excluding carboxylic acids is 1. The van der Waals surface area contributed by atoms with Gasteiger partial charge >= 0.3 is 0 Å². The lowest BCUT2D eigenvalue weighted by atomic mass is 9.54. The first-order valence-corrected chi connectivity index (χ1v) is 10.3. The van der Waals surface area contributed by atoms with Gasteiger partial charge in [0, 0.05) is 31.5 Å². The van der Waals surface area contributed by atoms with Crippen LogP contribution in [0.2, 0.25) is 0 Å². The van der Waals surface area contributed by atoms with Crippen LogP contribution < -0.4 is 15.8 Å². The van der Waals surface area contributed by atoms with Crippen LogP contribution in [-0.4, -0.2) is 45.7 Å². The molecule has 154 valence electrons. The molecule has 1 aromatic carbocycles. The zero-order chi connectivity index (χ0) is 19.6. The number of benzene rings is 1. The number of halogens is 1. The number of hydrogen-bond donors (Lipinski definition) is 3. The van der Waals surface area contributed by atoms with Crippen molar-refractivity contribution >= 4 is 28.3 Å². The van der Waals surface area contributed by atoms with Gasteiger partial charge in [-0.2, -0.15) is 0 Å². The van der Waals surface area contributed by atoms with Crippen molar-refractivity contribution in [2.45, 2.75) is 50.7 Å². The van der Waals surface area contributed by atoms with Crippen molar-refractivity contribution in [3.05, 3.63) is 29.8 Å². The SMILES string of the molecule is CCOC1CC(N)(C(=O)NCCNS(=O)(=O)c2ccc(C)cc2)C1(C)C.Cl. The van der Waals surface area contributed by atoms with E-state index in [1.807, 2.05) is 27.7 Å². The van der Waals surface area contributed by atoms with Crippen LogP contribution in [0.3, 0.4) is 0 Å². The highest BCUT2D eigenvalue weighted by Crippen LogP contribution is 2.49. The van der Waals surface area contributed by atoms with E-state index in [2.05, 4.69) is 10.0 Å². The summed E-state index contributed by atoms with van der Waals surface area (Å²) in [5.74, 6) is -0.284. The van der Waals surface area contributed by atoms with Gasteiger partial charge in [0.25, 0.3) is 0 Å². The number of rotatable bonds is 8. The van der Waals surface area contributed by atoms with Gasteiger partial charge in [-0.3, -0.25) is 4.79 Å². The number of amides is 1. The molecule has 2 rings (SSSR count). The van der Waals surface area contributed by atoms with E-state index < -0.39 is 21.0 Å². The molecule has 1 aliphatic rings. The second-order valence-electron chi connectivity index (χ2n) is 7.31. The van der Waals surface area contributed by atoms with E-state index >= 15 is 0 Å². The van der Waals surface area contributed by atoms with Gasteiger partial charge < -0.3 is 15.8 Å². The predicted octanol–water partition coefficient (Wildman–Crippen LogP) is 1.34. The predicted molar refractivity (Wildman–Crippen MR) is 107 cm³/mol. The number of nitrogens with two attached hydrogens (primary N) is 1. The second kappa shape index (κ2) is 8.87. The molecule has 0 bridgehead atoms. The molecule has 2 atom stereocenters. The molecule has 4 N–H and O–H groups in total. The molecule has 0 saturated heterocycles. The van der Waals surface area contributed by atoms with Crippen LogP contribution in [0.25, 0.3) is 0 Å². The van der Waals surface area contributed by atoms with E-state index in [1.165, 1.54) is 0 Å². The summed E-state index contributed by atoms with van der Waals surface area (Å²) in [4.78, 5) is 12.7. The van der Waals surface area contributed by atoms with Gasteiger partial charge in [0.2, 0.25) is 15.9 Å². The van der Waals surface area contributed by atoms with Gasteiger partial charge in [0.1, 0.15) is 5.54 Å². The third-order valence-corrected chi connectivity index (χ3v) is 6.75. The highest BCUT2D eigenvalue weighted by molar-refractivity contribution is 7.89. The monoisotopic (exact) mass is 419 g/mol. The Labute approximate surface area is 167 Å². The summed E-state index contributed by atoms with van der Waals surface area (Å²) in [6.45, 7) is 8.46. The quantitative estimate of drug-likeness (QED) is 0.551. The summed E-state index contributed by atoms with van der Waals surface area (Å²) in [5.41, 5.74) is 5.78. The lowest BCUT2D eigenvalue weighted by molar-refractivity contribution is -0.170. The average Bonchev–Trinajstić information content (AvgIpc) is 2.58. The molecule has 1 saturated carbocycles. The topological polar surface area (TPSA) is 111 Å². The molecule has 0 spiro atoms. The Morgan fingerprint density at radius 3 is 2.37 bits per heavy atom. The maximum Gasteiger partial charge on any atom is 0.240 e. The van der Waals surface area contributed by atoms with Crippen LogP contribution in [0.15, 0.2) is 29.2 Å². The van der Waals surface area contributed by atoms with Gasteiger partial charge in [-0.25, -0.2) is 13.1 Å². The van der Waals surface area contributed by atoms with E-state index in [0.717, 1.165) is 5.56 Å². The smallest absolute Gasteiger partial charge is 0.240 e. The van der Waals surface area contributed by atoms with E-state index in [-0.39, 0.29) is 42.4 Å². The number of hydrogen-bond acceptors (Lipinski definition) is 5. The molecule has 1 amide bonds. The highest BCUT2D eigenvalue weighted by atomic mass is 35.5. The molecule has 2 unspecified atom stereocenters. The molecule has 0 heterocycles. The fourth-order valence-corrected chi connectivity index (χ4v) is 4.17. The second-order valence-corrected chi connectivity index (χ2v) is 9.07. The van der Waals surface area contributed by atoms with Crippen molar-refractivity contribution in [1.29, 1.82) is 0 Å². The van der Waals surface area contributed by atoms with Crippen molar-refractivity contribution in [3.8, 4) is 0 Å². The Morgan fingerprint density at radius 2 is 1.85 bits per heavy atom. The first-order valence-electron chi connectivity index (χ1n) is 8.79. The van der Waals surface area contributed by atoms with Crippen molar-refractivity contribution < 1.29 is 17.9 Å². The molecule has 9 heteroatoms. The Hall–Kier alpha value is -1.19. The molecule has 1 aliphatic carbocycles. The minimum atomic E-state index is -3.59. The summed E-state index contributed by atoms with van der Waals surface area (Å²) in [7, 11) is -3.59. The lowest BCUT2D eigenvalue weighted by Gasteiger charge is -2.57. The molecule has 0 radical (unpaired) electrons. The first-order chi connectivity index (χ1) is 12.0. The molecular weight excluding hydrogens is 390 g/mol. The Bertz CT molecular complexity index is 752. The highest BCUT2D eigenvalue weighted by Gasteiger charge is 2.62. The largest absolute Gasteiger partial charge is 0.378 e. The number of sulfonamides is 1. The number of carbonyl (C=O) groups is 1. The zero-order valence-electron chi connectivity index (χ0n) is 16.2. The van der Waals surface area contributed by atoms with E-state index in [9.17, 15) is 13.2 Å². The minimum Gasteiger partial charge on any atom is -0.378 e. The summed E-state index contributed by atoms with van der Waals surface area (Å²) < 4.78 is 32.5. The van der Waals surface area contributed by atoms with Crippen molar-refractivity contribution in [2.24, 2.45) is 11.1 Å². The van der Waals surface area contributed by atoms with E-state index in [1.54, 1.807) is 24.3 Å². The third kappa shape index (κ3) is 4.81. The third-order valence-electron chi connectivity index (χ3n) is 5.27. The van der Waals surface area contributed by atoms with Crippen molar-refractivity contribution in [1.82, 2.24) is 10.0 Å². The number of nitrogens with one attached hydrogen (secondary N) is 2. The fourth-order valence-electron chi connectivity index (χ4n) is 3.14. The number of aryl methyl sites for hydroxylation is 1. The van der Waals surface area contributed by atoms with Gasteiger partial charge in [0.15, 0.2) is 0 Å². The van der Waals surface area contributed by atoms with Crippen LogP contribution in [0.1, 0.15) is 32.8 Å². The molecule has 27 heavy (non-hydrogen) atoms. The Morgan fingerprint density at radius 1 is 1.26 bits per heavy atom. The molecule has 7 nitrogen and oxygen atoms in total. The molecular formula is C18H30ClN3O4S. The van der Waals surface area contributed by atoms with Gasteiger partial charge in [0.05, 0.1) is 11.0 Å². The van der Waals surface area contributed by atoms with Crippen LogP contribution in [0, 0.1) is 12.3 Å². The van der Waals surface area contributed by atoms with Gasteiger partial charge in [-0.1, -0.05) is 31.5 Å². The molecule has 1 aromatic rings. The maximum absolute atomic E-state index is 12.5. The summed E-state index contributed by atoms with van der Waals surface area (Å²) in [6, 6.07) is 6.58. The molecule has 1 fully saturated rings. The lowest BCUT2D eigenvalue weighted by Crippen LogP contribution is -2.75.